The summed E-state index contributed by atoms with van der Waals surface area (Å²) in [6.45, 7) is 6.92. The largest absolute Gasteiger partial charge is 0.314 e. The summed E-state index contributed by atoms with van der Waals surface area (Å²) in [4.78, 5) is 4.26. The van der Waals surface area contributed by atoms with Crippen molar-refractivity contribution in [2.24, 2.45) is 0 Å². The molecule has 0 aromatic carbocycles. The van der Waals surface area contributed by atoms with Gasteiger partial charge in [0.1, 0.15) is 0 Å². The molecule has 0 aliphatic heterocycles. The number of aryl methyl sites for hydroxylation is 1. The zero-order valence-electron chi connectivity index (χ0n) is 11.8. The Hall–Kier alpha value is -0.980. The maximum Gasteiger partial charge on any atom is 0.211 e. The molecule has 19 heavy (non-hydrogen) atoms. The Morgan fingerprint density at radius 3 is 2.68 bits per heavy atom. The Balaban J connectivity index is 2.34. The maximum absolute atomic E-state index is 11.8. The zero-order chi connectivity index (χ0) is 14.3. The Kier molecular flexibility index (Phi) is 6.41. The van der Waals surface area contributed by atoms with Crippen LogP contribution in [0.15, 0.2) is 18.2 Å². The molecule has 1 aromatic rings. The van der Waals surface area contributed by atoms with Crippen molar-refractivity contribution in [1.82, 2.24) is 15.0 Å². The van der Waals surface area contributed by atoms with E-state index in [-0.39, 0.29) is 12.3 Å². The van der Waals surface area contributed by atoms with Crippen LogP contribution in [0.5, 0.6) is 0 Å². The van der Waals surface area contributed by atoms with E-state index in [1.165, 1.54) is 0 Å². The first kappa shape index (κ1) is 16.1. The van der Waals surface area contributed by atoms with Crippen molar-refractivity contribution in [3.05, 3.63) is 29.6 Å². The minimum atomic E-state index is -3.22. The van der Waals surface area contributed by atoms with E-state index in [0.717, 1.165) is 11.4 Å². The van der Waals surface area contributed by atoms with Crippen molar-refractivity contribution in [2.75, 3.05) is 12.3 Å². The van der Waals surface area contributed by atoms with Gasteiger partial charge in [-0.1, -0.05) is 19.9 Å². The van der Waals surface area contributed by atoms with E-state index in [4.69, 9.17) is 0 Å². The average Bonchev–Trinajstić information content (AvgIpc) is 2.32. The summed E-state index contributed by atoms with van der Waals surface area (Å²) in [6, 6.07) is 5.95. The Bertz CT molecular complexity index is 486. The molecule has 0 saturated heterocycles. The number of hydrogen-bond acceptors (Lipinski definition) is 4. The molecule has 0 radical (unpaired) electrons. The molecule has 0 unspecified atom stereocenters. The number of rotatable bonds is 8. The molecule has 1 heterocycles. The summed E-state index contributed by atoms with van der Waals surface area (Å²) in [5.41, 5.74) is 1.63. The lowest BCUT2D eigenvalue weighted by Crippen LogP contribution is -2.30. The van der Waals surface area contributed by atoms with Crippen molar-refractivity contribution >= 4 is 10.0 Å². The zero-order valence-corrected chi connectivity index (χ0v) is 12.6. The van der Waals surface area contributed by atoms with Crippen LogP contribution in [0.2, 0.25) is 0 Å². The van der Waals surface area contributed by atoms with Crippen LogP contribution in [0.4, 0.5) is 0 Å². The molecule has 0 aliphatic rings. The SMILES string of the molecule is Cc1cccc(CNS(=O)(=O)CCCNC(C)C)n1. The fraction of sp³-hybridized carbons (Fsp3) is 0.615. The molecule has 6 heteroatoms. The first-order valence-corrected chi connectivity index (χ1v) is 8.17. The van der Waals surface area contributed by atoms with E-state index in [2.05, 4.69) is 15.0 Å². The third kappa shape index (κ3) is 7.25. The van der Waals surface area contributed by atoms with Crippen LogP contribution in [0.25, 0.3) is 0 Å². The van der Waals surface area contributed by atoms with Crippen molar-refractivity contribution < 1.29 is 8.42 Å². The predicted molar refractivity (Wildman–Crippen MR) is 77.4 cm³/mol. The summed E-state index contributed by atoms with van der Waals surface area (Å²) < 4.78 is 26.1. The summed E-state index contributed by atoms with van der Waals surface area (Å²) in [5, 5.41) is 3.19. The molecule has 0 amide bonds. The van der Waals surface area contributed by atoms with E-state index >= 15 is 0 Å². The summed E-state index contributed by atoms with van der Waals surface area (Å²) in [6.07, 6.45) is 0.606. The number of nitrogens with one attached hydrogen (secondary N) is 2. The number of sulfonamides is 1. The molecule has 0 saturated carbocycles. The molecule has 0 atom stereocenters. The van der Waals surface area contributed by atoms with Crippen molar-refractivity contribution in [1.29, 1.82) is 0 Å². The molecule has 108 valence electrons. The number of pyridine rings is 1. The second-order valence-electron chi connectivity index (χ2n) is 4.87. The number of aromatic nitrogens is 1. The second kappa shape index (κ2) is 7.57. The van der Waals surface area contributed by atoms with Crippen LogP contribution in [0, 0.1) is 6.92 Å². The third-order valence-corrected chi connectivity index (χ3v) is 3.97. The first-order valence-electron chi connectivity index (χ1n) is 6.52. The van der Waals surface area contributed by atoms with E-state index in [0.29, 0.717) is 19.0 Å². The van der Waals surface area contributed by atoms with Gasteiger partial charge in [-0.2, -0.15) is 0 Å². The fourth-order valence-electron chi connectivity index (χ4n) is 1.61. The minimum Gasteiger partial charge on any atom is -0.314 e. The quantitative estimate of drug-likeness (QED) is 0.704. The lowest BCUT2D eigenvalue weighted by atomic mass is 10.3. The van der Waals surface area contributed by atoms with Gasteiger partial charge in [0, 0.05) is 11.7 Å². The molecule has 0 aliphatic carbocycles. The van der Waals surface area contributed by atoms with Gasteiger partial charge in [0.15, 0.2) is 0 Å². The average molecular weight is 285 g/mol. The second-order valence-corrected chi connectivity index (χ2v) is 6.80. The van der Waals surface area contributed by atoms with Crippen molar-refractivity contribution in [3.8, 4) is 0 Å². The summed E-state index contributed by atoms with van der Waals surface area (Å²) in [5.74, 6) is 0.137. The van der Waals surface area contributed by atoms with Crippen LogP contribution < -0.4 is 10.0 Å². The number of nitrogens with zero attached hydrogens (tertiary/aromatic N) is 1. The van der Waals surface area contributed by atoms with E-state index in [1.807, 2.05) is 39.0 Å². The molecule has 2 N–H and O–H groups in total. The highest BCUT2D eigenvalue weighted by Crippen LogP contribution is 1.99. The lowest BCUT2D eigenvalue weighted by molar-refractivity contribution is 0.560. The standard InChI is InChI=1S/C13H23N3O2S/c1-11(2)14-8-5-9-19(17,18)15-10-13-7-4-6-12(3)16-13/h4,6-7,11,14-15H,5,8-10H2,1-3H3. The van der Waals surface area contributed by atoms with Gasteiger partial charge in [-0.25, -0.2) is 13.1 Å². The molecule has 1 rings (SSSR count). The fourth-order valence-corrected chi connectivity index (χ4v) is 2.64. The Labute approximate surface area is 115 Å². The molecule has 5 nitrogen and oxygen atoms in total. The minimum absolute atomic E-state index is 0.137. The van der Waals surface area contributed by atoms with Gasteiger partial charge >= 0.3 is 0 Å². The highest BCUT2D eigenvalue weighted by atomic mass is 32.2. The third-order valence-electron chi connectivity index (χ3n) is 2.56. The Morgan fingerprint density at radius 1 is 1.32 bits per heavy atom. The van der Waals surface area contributed by atoms with Gasteiger partial charge in [-0.05, 0) is 32.0 Å². The van der Waals surface area contributed by atoms with E-state index in [1.54, 1.807) is 0 Å². The van der Waals surface area contributed by atoms with Gasteiger partial charge < -0.3 is 5.32 Å². The highest BCUT2D eigenvalue weighted by molar-refractivity contribution is 7.89. The molecule has 0 spiro atoms. The van der Waals surface area contributed by atoms with Gasteiger partial charge in [0.25, 0.3) is 0 Å². The molecular weight excluding hydrogens is 262 g/mol. The molecule has 1 aromatic heterocycles. The van der Waals surface area contributed by atoms with Gasteiger partial charge in [0.05, 0.1) is 18.0 Å². The predicted octanol–water partition coefficient (Wildman–Crippen LogP) is 1.20. The van der Waals surface area contributed by atoms with Crippen LogP contribution in [0.3, 0.4) is 0 Å². The van der Waals surface area contributed by atoms with Gasteiger partial charge in [-0.15, -0.1) is 0 Å². The van der Waals surface area contributed by atoms with Gasteiger partial charge in [0.2, 0.25) is 10.0 Å². The van der Waals surface area contributed by atoms with Crippen LogP contribution in [-0.4, -0.2) is 31.7 Å². The van der Waals surface area contributed by atoms with Crippen LogP contribution in [-0.2, 0) is 16.6 Å². The molecule has 0 bridgehead atoms. The van der Waals surface area contributed by atoms with E-state index in [9.17, 15) is 8.42 Å². The first-order chi connectivity index (χ1) is 8.89. The number of hydrogen-bond donors (Lipinski definition) is 2. The van der Waals surface area contributed by atoms with Crippen LogP contribution >= 0.6 is 0 Å². The maximum atomic E-state index is 11.8. The normalized spacial score (nSPS) is 12.0. The Morgan fingerprint density at radius 2 is 2.05 bits per heavy atom. The summed E-state index contributed by atoms with van der Waals surface area (Å²) in [7, 11) is -3.22. The molecular formula is C13H23N3O2S. The monoisotopic (exact) mass is 285 g/mol. The lowest BCUT2D eigenvalue weighted by Gasteiger charge is -2.09. The summed E-state index contributed by atoms with van der Waals surface area (Å²) >= 11 is 0. The highest BCUT2D eigenvalue weighted by Gasteiger charge is 2.10. The van der Waals surface area contributed by atoms with Crippen LogP contribution in [0.1, 0.15) is 31.7 Å². The van der Waals surface area contributed by atoms with Gasteiger partial charge in [-0.3, -0.25) is 4.98 Å². The van der Waals surface area contributed by atoms with Crippen molar-refractivity contribution in [2.45, 2.75) is 39.8 Å². The van der Waals surface area contributed by atoms with E-state index < -0.39 is 10.0 Å². The van der Waals surface area contributed by atoms with Crippen molar-refractivity contribution in [3.63, 3.8) is 0 Å². The smallest absolute Gasteiger partial charge is 0.211 e. The molecule has 0 fully saturated rings. The topological polar surface area (TPSA) is 71.1 Å².